The maximum Gasteiger partial charge on any atom is 0.310 e. The molecule has 0 aromatic heterocycles. The molecule has 0 radical (unpaired) electrons. The Balaban J connectivity index is 1.30. The minimum Gasteiger partial charge on any atom is -0.462 e. The number of benzene rings is 1. The van der Waals surface area contributed by atoms with E-state index in [-0.39, 0.29) is 41.7 Å². The molecule has 0 N–H and O–H groups in total. The molecule has 134 valence electrons. The van der Waals surface area contributed by atoms with E-state index in [0.717, 1.165) is 30.4 Å². The van der Waals surface area contributed by atoms with Gasteiger partial charge >= 0.3 is 11.9 Å². The van der Waals surface area contributed by atoms with Gasteiger partial charge in [0.25, 0.3) is 0 Å². The van der Waals surface area contributed by atoms with Gasteiger partial charge in [0.15, 0.2) is 0 Å². The number of carbonyl (C=O) groups excluding carboxylic acids is 2. The highest BCUT2D eigenvalue weighted by atomic mass is 16.6. The van der Waals surface area contributed by atoms with Crippen molar-refractivity contribution in [3.8, 4) is 0 Å². The van der Waals surface area contributed by atoms with Crippen LogP contribution in [-0.2, 0) is 25.6 Å². The molecule has 5 atom stereocenters. The third kappa shape index (κ3) is 3.06. The van der Waals surface area contributed by atoms with E-state index >= 15 is 0 Å². The number of esters is 2. The maximum absolute atomic E-state index is 12.6. The van der Waals surface area contributed by atoms with Crippen molar-refractivity contribution in [2.24, 2.45) is 23.7 Å². The normalized spacial score (nSPS) is 32.7. The smallest absolute Gasteiger partial charge is 0.310 e. The number of carbonyl (C=O) groups is 2. The third-order valence-corrected chi connectivity index (χ3v) is 6.15. The van der Waals surface area contributed by atoms with Crippen LogP contribution in [0.2, 0.25) is 0 Å². The summed E-state index contributed by atoms with van der Waals surface area (Å²) in [6, 6.07) is 10.3. The Morgan fingerprint density at radius 3 is 2.76 bits per heavy atom. The molecule has 1 saturated heterocycles. The van der Waals surface area contributed by atoms with Gasteiger partial charge in [-0.05, 0) is 18.8 Å². The van der Waals surface area contributed by atoms with Gasteiger partial charge in [0.1, 0.15) is 25.8 Å². The highest BCUT2D eigenvalue weighted by Crippen LogP contribution is 2.57. The first kappa shape index (κ1) is 16.6. The SMILES string of the molecule is C[N+](C)(CCOC(=O)[C@H]1[C@H]2C[C@@H]3[C@@H]1C(=O)O[C@@H]3C2)Cc1ccccc1. The topological polar surface area (TPSA) is 52.6 Å². The van der Waals surface area contributed by atoms with Crippen molar-refractivity contribution in [2.75, 3.05) is 27.2 Å². The van der Waals surface area contributed by atoms with E-state index in [2.05, 4.69) is 26.2 Å². The predicted octanol–water partition coefficient (Wildman–Crippen LogP) is 2.00. The van der Waals surface area contributed by atoms with Crippen molar-refractivity contribution < 1.29 is 23.5 Å². The summed E-state index contributed by atoms with van der Waals surface area (Å²) in [5, 5.41) is 0. The molecule has 0 spiro atoms. The lowest BCUT2D eigenvalue weighted by molar-refractivity contribution is -0.903. The lowest BCUT2D eigenvalue weighted by Crippen LogP contribution is -2.42. The number of quaternary nitrogens is 1. The standard InChI is InChI=1S/C20H26NO4/c1-21(2,12-13-6-4-3-5-7-13)8-9-24-19(22)17-14-10-15-16(11-14)25-20(23)18(15)17/h3-7,14-18H,8-12H2,1-2H3/q+1/t14-,15-,16+,17-,18-/m0/s1. The molecule has 2 aliphatic carbocycles. The van der Waals surface area contributed by atoms with Crippen molar-refractivity contribution in [1.82, 2.24) is 0 Å². The first-order chi connectivity index (χ1) is 11.9. The van der Waals surface area contributed by atoms with Crippen molar-refractivity contribution in [3.05, 3.63) is 35.9 Å². The summed E-state index contributed by atoms with van der Waals surface area (Å²) in [6.07, 6.45) is 1.84. The first-order valence-corrected chi connectivity index (χ1v) is 9.18. The summed E-state index contributed by atoms with van der Waals surface area (Å²) in [7, 11) is 4.27. The second-order valence-corrected chi connectivity index (χ2v) is 8.39. The second-order valence-electron chi connectivity index (χ2n) is 8.39. The Morgan fingerprint density at radius 1 is 1.24 bits per heavy atom. The summed E-state index contributed by atoms with van der Waals surface area (Å²) in [4.78, 5) is 24.6. The average Bonchev–Trinajstić information content (AvgIpc) is 3.17. The van der Waals surface area contributed by atoms with Gasteiger partial charge in [0, 0.05) is 11.5 Å². The fourth-order valence-corrected chi connectivity index (χ4v) is 4.97. The molecule has 5 nitrogen and oxygen atoms in total. The Bertz CT molecular complexity index is 670. The Morgan fingerprint density at radius 2 is 2.00 bits per heavy atom. The van der Waals surface area contributed by atoms with E-state index in [1.54, 1.807) is 0 Å². The molecule has 1 aromatic rings. The Labute approximate surface area is 148 Å². The zero-order valence-corrected chi connectivity index (χ0v) is 14.9. The van der Waals surface area contributed by atoms with Crippen LogP contribution in [0.3, 0.4) is 0 Å². The molecule has 0 amide bonds. The predicted molar refractivity (Wildman–Crippen MR) is 91.2 cm³/mol. The van der Waals surface area contributed by atoms with E-state index in [1.807, 2.05) is 18.2 Å². The molecule has 3 fully saturated rings. The summed E-state index contributed by atoms with van der Waals surface area (Å²) < 4.78 is 11.7. The lowest BCUT2D eigenvalue weighted by atomic mass is 9.80. The number of ether oxygens (including phenoxy) is 2. The van der Waals surface area contributed by atoms with Gasteiger partial charge in [-0.3, -0.25) is 9.59 Å². The van der Waals surface area contributed by atoms with Crippen LogP contribution in [0.15, 0.2) is 30.3 Å². The number of hydrogen-bond donors (Lipinski definition) is 0. The Kier molecular flexibility index (Phi) is 4.07. The fraction of sp³-hybridized carbons (Fsp3) is 0.600. The number of hydrogen-bond acceptors (Lipinski definition) is 4. The molecule has 2 saturated carbocycles. The minimum atomic E-state index is -0.277. The molecule has 4 rings (SSSR count). The van der Waals surface area contributed by atoms with Crippen LogP contribution < -0.4 is 0 Å². The van der Waals surface area contributed by atoms with Crippen LogP contribution in [-0.4, -0.2) is 49.8 Å². The van der Waals surface area contributed by atoms with E-state index in [9.17, 15) is 9.59 Å². The average molecular weight is 344 g/mol. The molecule has 0 unspecified atom stereocenters. The molecule has 1 aliphatic heterocycles. The molecule has 1 heterocycles. The molecule has 1 aromatic carbocycles. The Hall–Kier alpha value is -1.88. The summed E-state index contributed by atoms with van der Waals surface area (Å²) in [6.45, 7) is 2.03. The number of nitrogens with zero attached hydrogens (tertiary/aromatic N) is 1. The van der Waals surface area contributed by atoms with Crippen LogP contribution in [0.5, 0.6) is 0 Å². The summed E-state index contributed by atoms with van der Waals surface area (Å²) >= 11 is 0. The lowest BCUT2D eigenvalue weighted by Gasteiger charge is -2.30. The largest absolute Gasteiger partial charge is 0.462 e. The van der Waals surface area contributed by atoms with E-state index in [4.69, 9.17) is 9.47 Å². The number of fused-ring (bicyclic) bond motifs is 1. The van der Waals surface area contributed by atoms with Gasteiger partial charge in [0.2, 0.25) is 0 Å². The number of rotatable bonds is 6. The highest BCUT2D eigenvalue weighted by molar-refractivity contribution is 5.85. The molecule has 2 bridgehead atoms. The van der Waals surface area contributed by atoms with Crippen molar-refractivity contribution in [3.63, 3.8) is 0 Å². The van der Waals surface area contributed by atoms with Gasteiger partial charge in [-0.1, -0.05) is 30.3 Å². The van der Waals surface area contributed by atoms with Crippen LogP contribution >= 0.6 is 0 Å². The first-order valence-electron chi connectivity index (χ1n) is 9.18. The van der Waals surface area contributed by atoms with Gasteiger partial charge in [-0.25, -0.2) is 0 Å². The summed E-state index contributed by atoms with van der Waals surface area (Å²) in [5.41, 5.74) is 1.27. The van der Waals surface area contributed by atoms with Crippen LogP contribution in [0.25, 0.3) is 0 Å². The van der Waals surface area contributed by atoms with Gasteiger partial charge in [-0.15, -0.1) is 0 Å². The minimum absolute atomic E-state index is 0.0630. The van der Waals surface area contributed by atoms with E-state index < -0.39 is 0 Å². The quantitative estimate of drug-likeness (QED) is 0.585. The van der Waals surface area contributed by atoms with Gasteiger partial charge < -0.3 is 14.0 Å². The number of likely N-dealkylation sites (N-methyl/N-ethyl adjacent to an activating group) is 1. The van der Waals surface area contributed by atoms with Crippen LogP contribution in [0.4, 0.5) is 0 Å². The van der Waals surface area contributed by atoms with Gasteiger partial charge in [-0.2, -0.15) is 0 Å². The monoisotopic (exact) mass is 344 g/mol. The molecule has 5 heteroatoms. The molecular formula is C20H26NO4+. The van der Waals surface area contributed by atoms with Crippen molar-refractivity contribution in [1.29, 1.82) is 0 Å². The molecular weight excluding hydrogens is 318 g/mol. The zero-order chi connectivity index (χ0) is 17.6. The molecule has 3 aliphatic rings. The summed E-state index contributed by atoms with van der Waals surface area (Å²) in [5.74, 6) is -0.387. The third-order valence-electron chi connectivity index (χ3n) is 6.15. The van der Waals surface area contributed by atoms with Crippen molar-refractivity contribution in [2.45, 2.75) is 25.5 Å². The van der Waals surface area contributed by atoms with Crippen molar-refractivity contribution >= 4 is 11.9 Å². The van der Waals surface area contributed by atoms with Gasteiger partial charge in [0.05, 0.1) is 25.9 Å². The van der Waals surface area contributed by atoms with E-state index in [0.29, 0.717) is 6.61 Å². The van der Waals surface area contributed by atoms with E-state index in [1.165, 1.54) is 5.56 Å². The zero-order valence-electron chi connectivity index (χ0n) is 14.9. The van der Waals surface area contributed by atoms with Crippen LogP contribution in [0, 0.1) is 23.7 Å². The molecule has 25 heavy (non-hydrogen) atoms. The van der Waals surface area contributed by atoms with Crippen LogP contribution in [0.1, 0.15) is 18.4 Å². The fourth-order valence-electron chi connectivity index (χ4n) is 4.97. The second kappa shape index (κ2) is 6.13. The highest BCUT2D eigenvalue weighted by Gasteiger charge is 2.64. The maximum atomic E-state index is 12.6.